The van der Waals surface area contributed by atoms with Gasteiger partial charge in [0.2, 0.25) is 5.76 Å². The Hall–Kier alpha value is -3.43. The van der Waals surface area contributed by atoms with Crippen molar-refractivity contribution in [1.29, 1.82) is 0 Å². The fourth-order valence-corrected chi connectivity index (χ4v) is 3.06. The van der Waals surface area contributed by atoms with Crippen LogP contribution in [0.1, 0.15) is 13.3 Å². The van der Waals surface area contributed by atoms with Crippen LogP contribution in [0.4, 0.5) is 0 Å². The van der Waals surface area contributed by atoms with E-state index < -0.39 is 23.8 Å². The van der Waals surface area contributed by atoms with E-state index in [1.54, 1.807) is 24.3 Å². The largest absolute Gasteiger partial charge is 0.500 e. The molecule has 0 aliphatic heterocycles. The zero-order valence-electron chi connectivity index (χ0n) is 18.1. The second-order valence-corrected chi connectivity index (χ2v) is 7.75. The minimum absolute atomic E-state index is 0.0152. The Morgan fingerprint density at radius 2 is 1.61 bits per heavy atom. The van der Waals surface area contributed by atoms with Gasteiger partial charge in [-0.3, -0.25) is 0 Å². The van der Waals surface area contributed by atoms with Gasteiger partial charge in [-0.05, 0) is 55.0 Å². The van der Waals surface area contributed by atoms with Gasteiger partial charge >= 0.3 is 11.9 Å². The van der Waals surface area contributed by atoms with Gasteiger partial charge in [-0.25, -0.2) is 9.59 Å². The molecule has 9 heteroatoms. The Morgan fingerprint density at radius 3 is 2.18 bits per heavy atom. The van der Waals surface area contributed by atoms with Crippen LogP contribution in [0.15, 0.2) is 83.0 Å². The Morgan fingerprint density at radius 1 is 1.00 bits per heavy atom. The van der Waals surface area contributed by atoms with E-state index >= 15 is 0 Å². The molecule has 0 spiro atoms. The van der Waals surface area contributed by atoms with Crippen LogP contribution in [0.5, 0.6) is 11.5 Å². The monoisotopic (exact) mass is 474 g/mol. The fourth-order valence-electron chi connectivity index (χ4n) is 2.24. The maximum absolute atomic E-state index is 11.5. The number of rotatable bonds is 13. The molecule has 33 heavy (non-hydrogen) atoms. The zero-order valence-corrected chi connectivity index (χ0v) is 19.0. The number of esters is 2. The van der Waals surface area contributed by atoms with Crippen LogP contribution >= 0.6 is 11.8 Å². The summed E-state index contributed by atoms with van der Waals surface area (Å²) in [6.07, 6.45) is 1.69. The molecule has 0 bridgehead atoms. The van der Waals surface area contributed by atoms with Crippen molar-refractivity contribution in [3.8, 4) is 11.5 Å². The first-order chi connectivity index (χ1) is 15.9. The van der Waals surface area contributed by atoms with Crippen molar-refractivity contribution in [2.75, 3.05) is 19.8 Å². The number of carbonyl (C=O) groups is 2. The van der Waals surface area contributed by atoms with Gasteiger partial charge < -0.3 is 29.2 Å². The molecule has 0 aromatic heterocycles. The third-order valence-corrected chi connectivity index (χ3v) is 4.88. The predicted octanol–water partition coefficient (Wildman–Crippen LogP) is 4.04. The van der Waals surface area contributed by atoms with E-state index in [1.165, 1.54) is 11.8 Å². The first kappa shape index (κ1) is 25.8. The maximum Gasteiger partial charge on any atom is 0.376 e. The molecule has 0 radical (unpaired) electrons. The summed E-state index contributed by atoms with van der Waals surface area (Å²) in [6.45, 7) is 5.18. The molecule has 2 N–H and O–H groups in total. The molecule has 0 fully saturated rings. The van der Waals surface area contributed by atoms with Gasteiger partial charge in [-0.1, -0.05) is 25.3 Å². The van der Waals surface area contributed by atoms with Gasteiger partial charge in [-0.2, -0.15) is 0 Å². The van der Waals surface area contributed by atoms with Crippen molar-refractivity contribution in [1.82, 2.24) is 0 Å². The van der Waals surface area contributed by atoms with Crippen LogP contribution in [-0.2, 0) is 19.1 Å². The molecule has 2 rings (SSSR count). The van der Waals surface area contributed by atoms with Crippen molar-refractivity contribution in [3.63, 3.8) is 0 Å². The van der Waals surface area contributed by atoms with E-state index in [4.69, 9.17) is 18.9 Å². The Kier molecular flexibility index (Phi) is 10.9. The Balaban J connectivity index is 1.81. The number of hydrogen-bond acceptors (Lipinski definition) is 9. The first-order valence-electron chi connectivity index (χ1n) is 10.1. The molecule has 2 aromatic rings. The Bertz CT molecular complexity index is 938. The van der Waals surface area contributed by atoms with Gasteiger partial charge in [-0.15, -0.1) is 0 Å². The highest BCUT2D eigenvalue weighted by Gasteiger charge is 2.10. The summed E-state index contributed by atoms with van der Waals surface area (Å²) in [5.74, 6) is -1.01. The normalized spacial score (nSPS) is 11.9. The summed E-state index contributed by atoms with van der Waals surface area (Å²) in [7, 11) is 0. The third kappa shape index (κ3) is 9.71. The molecular weight excluding hydrogens is 448 g/mol. The van der Waals surface area contributed by atoms with E-state index in [-0.39, 0.29) is 19.8 Å². The maximum atomic E-state index is 11.5. The number of benzene rings is 2. The van der Waals surface area contributed by atoms with Crippen molar-refractivity contribution >= 4 is 23.7 Å². The van der Waals surface area contributed by atoms with Crippen molar-refractivity contribution < 1.29 is 38.7 Å². The summed E-state index contributed by atoms with van der Waals surface area (Å²) in [5.41, 5.74) is 0. The molecule has 0 amide bonds. The molecule has 2 aromatic carbocycles. The topological polar surface area (TPSA) is 112 Å². The van der Waals surface area contributed by atoms with Crippen LogP contribution in [0.3, 0.4) is 0 Å². The molecule has 0 aliphatic rings. The highest BCUT2D eigenvalue weighted by Crippen LogP contribution is 2.30. The molecule has 8 nitrogen and oxygen atoms in total. The second-order valence-electron chi connectivity index (χ2n) is 6.60. The lowest BCUT2D eigenvalue weighted by atomic mass is 10.3. The van der Waals surface area contributed by atoms with Crippen molar-refractivity contribution in [2.45, 2.75) is 29.2 Å². The predicted molar refractivity (Wildman–Crippen MR) is 122 cm³/mol. The molecule has 1 unspecified atom stereocenters. The average Bonchev–Trinajstić information content (AvgIpc) is 2.84. The number of hydrogen-bond donors (Lipinski definition) is 2. The average molecular weight is 475 g/mol. The van der Waals surface area contributed by atoms with Crippen LogP contribution < -0.4 is 9.47 Å². The standard InChI is InChI=1S/C24H26O8S/c1-3-13-29-24(28)22(26)16-31-19-7-11-21(12-8-19)33-20-9-5-18(6-10-20)30-14-17(25)15-32-23(27)4-2/h4-12,16-17,25-26H,2-3,13-15H2,1H3. The van der Waals surface area contributed by atoms with Gasteiger partial charge in [0.15, 0.2) is 0 Å². The number of ether oxygens (including phenoxy) is 4. The molecule has 0 saturated heterocycles. The SMILES string of the molecule is C=CC(=O)OCC(O)COc1ccc(Sc2ccc(OC=C(O)C(=O)OCCC)cc2)cc1. The molecular formula is C24H26O8S. The lowest BCUT2D eigenvalue weighted by Gasteiger charge is -2.12. The lowest BCUT2D eigenvalue weighted by Crippen LogP contribution is -2.24. The first-order valence-corrected chi connectivity index (χ1v) is 10.9. The quantitative estimate of drug-likeness (QED) is 0.252. The van der Waals surface area contributed by atoms with E-state index in [0.29, 0.717) is 17.9 Å². The van der Waals surface area contributed by atoms with Crippen molar-refractivity contribution in [3.05, 3.63) is 73.2 Å². The number of aliphatic hydroxyl groups is 2. The number of aliphatic hydroxyl groups excluding tert-OH is 2. The zero-order chi connectivity index (χ0) is 24.1. The molecule has 1 atom stereocenters. The molecule has 0 saturated carbocycles. The third-order valence-electron chi connectivity index (χ3n) is 3.86. The highest BCUT2D eigenvalue weighted by molar-refractivity contribution is 7.99. The van der Waals surface area contributed by atoms with E-state index in [9.17, 15) is 19.8 Å². The lowest BCUT2D eigenvalue weighted by molar-refractivity contribution is -0.142. The summed E-state index contributed by atoms with van der Waals surface area (Å²) in [4.78, 5) is 24.4. The Labute approximate surface area is 196 Å². The van der Waals surface area contributed by atoms with Crippen molar-refractivity contribution in [2.24, 2.45) is 0 Å². The van der Waals surface area contributed by atoms with Gasteiger partial charge in [0.05, 0.1) is 6.61 Å². The minimum atomic E-state index is -0.942. The fraction of sp³-hybridized carbons (Fsp3) is 0.250. The van der Waals surface area contributed by atoms with Crippen LogP contribution in [0.25, 0.3) is 0 Å². The number of carbonyl (C=O) groups excluding carboxylic acids is 2. The van der Waals surface area contributed by atoms with E-state index in [1.807, 2.05) is 31.2 Å². The highest BCUT2D eigenvalue weighted by atomic mass is 32.2. The summed E-state index contributed by atoms with van der Waals surface area (Å²) in [6, 6.07) is 14.4. The van der Waals surface area contributed by atoms with E-state index in [2.05, 4.69) is 6.58 Å². The molecule has 176 valence electrons. The van der Waals surface area contributed by atoms with Gasteiger partial charge in [0.25, 0.3) is 0 Å². The van der Waals surface area contributed by atoms with Crippen LogP contribution in [0.2, 0.25) is 0 Å². The molecule has 0 aliphatic carbocycles. The summed E-state index contributed by atoms with van der Waals surface area (Å²) >= 11 is 1.52. The smallest absolute Gasteiger partial charge is 0.376 e. The van der Waals surface area contributed by atoms with Crippen LogP contribution in [-0.4, -0.2) is 48.1 Å². The van der Waals surface area contributed by atoms with Gasteiger partial charge in [0.1, 0.15) is 37.1 Å². The second kappa shape index (κ2) is 13.9. The van der Waals surface area contributed by atoms with Crippen LogP contribution in [0, 0.1) is 0 Å². The summed E-state index contributed by atoms with van der Waals surface area (Å²) in [5, 5.41) is 19.4. The minimum Gasteiger partial charge on any atom is -0.500 e. The van der Waals surface area contributed by atoms with Gasteiger partial charge in [0, 0.05) is 15.9 Å². The summed E-state index contributed by atoms with van der Waals surface area (Å²) < 4.78 is 20.3. The molecule has 0 heterocycles. The van der Waals surface area contributed by atoms with E-state index in [0.717, 1.165) is 22.1 Å².